The number of amides is 1. The molecule has 0 fully saturated rings. The molecule has 0 heterocycles. The van der Waals surface area contributed by atoms with Crippen LogP contribution in [0.4, 0.5) is 4.39 Å². The summed E-state index contributed by atoms with van der Waals surface area (Å²) < 4.78 is 19.2. The van der Waals surface area contributed by atoms with E-state index in [1.165, 1.54) is 30.3 Å². The largest absolute Gasteiger partial charge is 0.456 e. The fourth-order valence-corrected chi connectivity index (χ4v) is 2.11. The van der Waals surface area contributed by atoms with Gasteiger partial charge in [0.05, 0.1) is 5.02 Å². The third-order valence-corrected chi connectivity index (χ3v) is 3.03. The van der Waals surface area contributed by atoms with Gasteiger partial charge in [0.25, 0.3) is 0 Å². The van der Waals surface area contributed by atoms with Gasteiger partial charge in [0, 0.05) is 16.1 Å². The van der Waals surface area contributed by atoms with Crippen LogP contribution in [-0.4, -0.2) is 5.91 Å². The molecule has 0 aliphatic heterocycles. The lowest BCUT2D eigenvalue weighted by atomic mass is 10.2. The predicted molar refractivity (Wildman–Crippen MR) is 74.1 cm³/mol. The highest BCUT2D eigenvalue weighted by atomic mass is 79.9. The standard InChI is InChI=1S/C13H8BrClFNO2/c14-8-4-9(16)6-10(5-8)19-12-2-1-7(13(17)18)3-11(12)15/h1-6H,(H2,17,18). The van der Waals surface area contributed by atoms with Gasteiger partial charge in [-0.1, -0.05) is 27.5 Å². The molecule has 0 saturated carbocycles. The Hall–Kier alpha value is -1.59. The summed E-state index contributed by atoms with van der Waals surface area (Å²) in [5.74, 6) is -0.416. The van der Waals surface area contributed by atoms with Gasteiger partial charge < -0.3 is 10.5 Å². The molecule has 0 atom stereocenters. The number of nitrogens with two attached hydrogens (primary N) is 1. The fraction of sp³-hybridized carbons (Fsp3) is 0. The summed E-state index contributed by atoms with van der Waals surface area (Å²) in [6.07, 6.45) is 0. The molecule has 2 aromatic carbocycles. The van der Waals surface area contributed by atoms with Crippen LogP contribution >= 0.6 is 27.5 Å². The maximum atomic E-state index is 13.2. The molecule has 0 radical (unpaired) electrons. The topological polar surface area (TPSA) is 52.3 Å². The smallest absolute Gasteiger partial charge is 0.248 e. The lowest BCUT2D eigenvalue weighted by Gasteiger charge is -2.09. The molecule has 1 amide bonds. The molecular formula is C13H8BrClFNO2. The lowest BCUT2D eigenvalue weighted by Crippen LogP contribution is -2.10. The van der Waals surface area contributed by atoms with Crippen LogP contribution in [0.5, 0.6) is 11.5 Å². The Labute approximate surface area is 122 Å². The van der Waals surface area contributed by atoms with Gasteiger partial charge in [-0.15, -0.1) is 0 Å². The molecule has 2 aromatic rings. The first kappa shape index (κ1) is 13.8. The minimum Gasteiger partial charge on any atom is -0.456 e. The van der Waals surface area contributed by atoms with E-state index in [-0.39, 0.29) is 10.6 Å². The van der Waals surface area contributed by atoms with Crippen molar-refractivity contribution in [3.8, 4) is 11.5 Å². The van der Waals surface area contributed by atoms with Crippen molar-refractivity contribution in [3.05, 3.63) is 57.3 Å². The van der Waals surface area contributed by atoms with Crippen molar-refractivity contribution < 1.29 is 13.9 Å². The number of hydrogen-bond donors (Lipinski definition) is 1. The Bertz CT molecular complexity index is 628. The number of rotatable bonds is 3. The van der Waals surface area contributed by atoms with E-state index in [1.807, 2.05) is 0 Å². The summed E-state index contributed by atoms with van der Waals surface area (Å²) in [5, 5.41) is 0.219. The van der Waals surface area contributed by atoms with Crippen molar-refractivity contribution in [2.75, 3.05) is 0 Å². The highest BCUT2D eigenvalue weighted by molar-refractivity contribution is 9.10. The van der Waals surface area contributed by atoms with Crippen molar-refractivity contribution in [2.45, 2.75) is 0 Å². The second-order valence-corrected chi connectivity index (χ2v) is 5.04. The second-order valence-electron chi connectivity index (χ2n) is 3.72. The van der Waals surface area contributed by atoms with Crippen molar-refractivity contribution >= 4 is 33.4 Å². The zero-order valence-corrected chi connectivity index (χ0v) is 11.8. The van der Waals surface area contributed by atoms with Gasteiger partial charge in [-0.25, -0.2) is 4.39 Å². The average Bonchev–Trinajstić information content (AvgIpc) is 2.30. The first-order valence-corrected chi connectivity index (χ1v) is 6.36. The predicted octanol–water partition coefficient (Wildman–Crippen LogP) is 4.13. The van der Waals surface area contributed by atoms with Crippen LogP contribution in [0.2, 0.25) is 5.02 Å². The number of carbonyl (C=O) groups is 1. The number of benzene rings is 2. The second kappa shape index (κ2) is 5.59. The highest BCUT2D eigenvalue weighted by Crippen LogP contribution is 2.31. The van der Waals surface area contributed by atoms with Crippen molar-refractivity contribution in [3.63, 3.8) is 0 Å². The van der Waals surface area contributed by atoms with E-state index in [0.717, 1.165) is 0 Å². The summed E-state index contributed by atoms with van der Waals surface area (Å²) in [7, 11) is 0. The maximum Gasteiger partial charge on any atom is 0.248 e. The van der Waals surface area contributed by atoms with E-state index in [9.17, 15) is 9.18 Å². The Kier molecular flexibility index (Phi) is 4.07. The first-order chi connectivity index (χ1) is 8.95. The van der Waals surface area contributed by atoms with E-state index >= 15 is 0 Å². The summed E-state index contributed by atoms with van der Waals surface area (Å²) in [6.45, 7) is 0. The molecule has 3 nitrogen and oxygen atoms in total. The van der Waals surface area contributed by atoms with Crippen LogP contribution in [0.3, 0.4) is 0 Å². The van der Waals surface area contributed by atoms with Crippen molar-refractivity contribution in [1.29, 1.82) is 0 Å². The molecule has 0 bridgehead atoms. The molecule has 98 valence electrons. The molecule has 0 unspecified atom stereocenters. The van der Waals surface area contributed by atoms with E-state index in [1.54, 1.807) is 6.07 Å². The normalized spacial score (nSPS) is 10.3. The first-order valence-electron chi connectivity index (χ1n) is 5.19. The third kappa shape index (κ3) is 3.45. The minimum atomic E-state index is -0.582. The lowest BCUT2D eigenvalue weighted by molar-refractivity contribution is 0.100. The molecule has 19 heavy (non-hydrogen) atoms. The molecule has 0 saturated heterocycles. The summed E-state index contributed by atoms with van der Waals surface area (Å²) in [5.41, 5.74) is 5.41. The average molecular weight is 345 g/mol. The van der Waals surface area contributed by atoms with Crippen molar-refractivity contribution in [2.24, 2.45) is 5.73 Å². The van der Waals surface area contributed by atoms with E-state index in [2.05, 4.69) is 15.9 Å². The molecule has 6 heteroatoms. The minimum absolute atomic E-state index is 0.219. The van der Waals surface area contributed by atoms with Gasteiger partial charge in [0.1, 0.15) is 17.3 Å². The van der Waals surface area contributed by atoms with Gasteiger partial charge in [0.15, 0.2) is 0 Å². The maximum absolute atomic E-state index is 13.2. The van der Waals surface area contributed by atoms with Crippen molar-refractivity contribution in [1.82, 2.24) is 0 Å². The third-order valence-electron chi connectivity index (χ3n) is 2.28. The van der Waals surface area contributed by atoms with Gasteiger partial charge in [-0.2, -0.15) is 0 Å². The van der Waals surface area contributed by atoms with Crippen LogP contribution in [0.15, 0.2) is 40.9 Å². The van der Waals surface area contributed by atoms with Gasteiger partial charge >= 0.3 is 0 Å². The monoisotopic (exact) mass is 343 g/mol. The zero-order valence-electron chi connectivity index (χ0n) is 9.49. The highest BCUT2D eigenvalue weighted by Gasteiger charge is 2.08. The number of halogens is 3. The van der Waals surface area contributed by atoms with Crippen LogP contribution in [-0.2, 0) is 0 Å². The van der Waals surface area contributed by atoms with Crippen LogP contribution < -0.4 is 10.5 Å². The Morgan fingerprint density at radius 3 is 2.58 bits per heavy atom. The van der Waals surface area contributed by atoms with Crippen LogP contribution in [0.25, 0.3) is 0 Å². The number of primary amides is 1. The molecule has 0 aliphatic rings. The van der Waals surface area contributed by atoms with E-state index in [4.69, 9.17) is 22.1 Å². The Balaban J connectivity index is 2.30. The summed E-state index contributed by atoms with van der Waals surface area (Å²) in [6, 6.07) is 8.52. The SMILES string of the molecule is NC(=O)c1ccc(Oc2cc(F)cc(Br)c2)c(Cl)c1. The van der Waals surface area contributed by atoms with Gasteiger partial charge in [-0.05, 0) is 30.3 Å². The summed E-state index contributed by atoms with van der Waals surface area (Å²) in [4.78, 5) is 11.0. The van der Waals surface area contributed by atoms with Crippen LogP contribution in [0.1, 0.15) is 10.4 Å². The Morgan fingerprint density at radius 1 is 1.26 bits per heavy atom. The quantitative estimate of drug-likeness (QED) is 0.910. The number of ether oxygens (including phenoxy) is 1. The zero-order chi connectivity index (χ0) is 14.0. The molecule has 0 aromatic heterocycles. The molecule has 0 spiro atoms. The fourth-order valence-electron chi connectivity index (χ4n) is 1.45. The molecule has 2 N–H and O–H groups in total. The summed E-state index contributed by atoms with van der Waals surface area (Å²) >= 11 is 9.13. The number of hydrogen-bond acceptors (Lipinski definition) is 2. The molecular weight excluding hydrogens is 337 g/mol. The van der Waals surface area contributed by atoms with E-state index < -0.39 is 11.7 Å². The van der Waals surface area contributed by atoms with Gasteiger partial charge in [0.2, 0.25) is 5.91 Å². The Morgan fingerprint density at radius 2 is 2.00 bits per heavy atom. The number of carbonyl (C=O) groups excluding carboxylic acids is 1. The molecule has 0 aliphatic carbocycles. The molecule has 2 rings (SSSR count). The van der Waals surface area contributed by atoms with E-state index in [0.29, 0.717) is 16.0 Å². The van der Waals surface area contributed by atoms with Gasteiger partial charge in [-0.3, -0.25) is 4.79 Å². The van der Waals surface area contributed by atoms with Crippen LogP contribution in [0, 0.1) is 5.82 Å².